The van der Waals surface area contributed by atoms with Crippen LogP contribution in [-0.4, -0.2) is 16.0 Å². The van der Waals surface area contributed by atoms with Crippen LogP contribution in [0.1, 0.15) is 24.6 Å². The number of nitrogens with zero attached hydrogens (tertiary/aromatic N) is 2. The first-order valence-electron chi connectivity index (χ1n) is 4.86. The van der Waals surface area contributed by atoms with Gasteiger partial charge in [0.15, 0.2) is 0 Å². The van der Waals surface area contributed by atoms with Gasteiger partial charge in [-0.05, 0) is 26.2 Å². The zero-order chi connectivity index (χ0) is 9.97. The number of anilines is 1. The molecule has 1 atom stereocenters. The molecule has 72 valence electrons. The fourth-order valence-corrected chi connectivity index (χ4v) is 1.73. The second kappa shape index (κ2) is 3.67. The molecule has 1 aliphatic carbocycles. The molecule has 0 aromatic carbocycles. The molecular weight excluding hydrogens is 174 g/mol. The van der Waals surface area contributed by atoms with Crippen molar-refractivity contribution in [2.75, 3.05) is 5.32 Å². The van der Waals surface area contributed by atoms with Crippen LogP contribution in [0, 0.1) is 12.3 Å². The predicted molar refractivity (Wildman–Crippen MR) is 56.0 cm³/mol. The quantitative estimate of drug-likeness (QED) is 0.711. The summed E-state index contributed by atoms with van der Waals surface area (Å²) in [6.07, 6.45) is 10.2. The Labute approximate surface area is 84.0 Å². The van der Waals surface area contributed by atoms with Crippen LogP contribution in [0.25, 0.3) is 0 Å². The van der Waals surface area contributed by atoms with Crippen LogP contribution < -0.4 is 5.32 Å². The maximum absolute atomic E-state index is 5.31. The van der Waals surface area contributed by atoms with Gasteiger partial charge in [-0.3, -0.25) is 0 Å². The molecule has 2 rings (SSSR count). The fourth-order valence-electron chi connectivity index (χ4n) is 1.73. The average molecular weight is 187 g/mol. The van der Waals surface area contributed by atoms with Gasteiger partial charge in [0.2, 0.25) is 0 Å². The first-order valence-corrected chi connectivity index (χ1v) is 4.86. The topological polar surface area (TPSA) is 37.8 Å². The summed E-state index contributed by atoms with van der Waals surface area (Å²) in [7, 11) is 0. The van der Waals surface area contributed by atoms with Crippen molar-refractivity contribution in [3.63, 3.8) is 0 Å². The minimum absolute atomic E-state index is 0.0228. The van der Waals surface area contributed by atoms with Crippen LogP contribution in [-0.2, 0) is 12.8 Å². The Morgan fingerprint density at radius 2 is 2.36 bits per heavy atom. The highest BCUT2D eigenvalue weighted by Gasteiger charge is 2.17. The standard InChI is InChI=1S/C11H13N3/c1-3-8(2)14-11-9-5-4-6-10(9)12-7-13-11/h1,7-8H,4-6H2,2H3,(H,12,13,14). The summed E-state index contributed by atoms with van der Waals surface area (Å²) in [4.78, 5) is 8.47. The van der Waals surface area contributed by atoms with Gasteiger partial charge in [0, 0.05) is 11.3 Å². The molecular formula is C11H13N3. The fraction of sp³-hybridized carbons (Fsp3) is 0.455. The van der Waals surface area contributed by atoms with Crippen LogP contribution in [0.2, 0.25) is 0 Å². The summed E-state index contributed by atoms with van der Waals surface area (Å²) >= 11 is 0. The normalized spacial score (nSPS) is 15.7. The summed E-state index contributed by atoms with van der Waals surface area (Å²) in [6, 6.07) is 0.0228. The Bertz CT molecular complexity index is 379. The van der Waals surface area contributed by atoms with Crippen molar-refractivity contribution in [1.82, 2.24) is 9.97 Å². The van der Waals surface area contributed by atoms with Crippen molar-refractivity contribution < 1.29 is 0 Å². The minimum atomic E-state index is 0.0228. The summed E-state index contributed by atoms with van der Waals surface area (Å²) < 4.78 is 0. The molecule has 0 spiro atoms. The third-order valence-electron chi connectivity index (χ3n) is 2.48. The molecule has 0 saturated heterocycles. The molecule has 0 aliphatic heterocycles. The monoisotopic (exact) mass is 187 g/mol. The summed E-state index contributed by atoms with van der Waals surface area (Å²) in [5.41, 5.74) is 2.42. The molecule has 1 N–H and O–H groups in total. The second-order valence-electron chi connectivity index (χ2n) is 3.53. The molecule has 0 amide bonds. The lowest BCUT2D eigenvalue weighted by atomic mass is 10.2. The van der Waals surface area contributed by atoms with Gasteiger partial charge in [-0.25, -0.2) is 9.97 Å². The van der Waals surface area contributed by atoms with Gasteiger partial charge in [-0.15, -0.1) is 6.42 Å². The smallest absolute Gasteiger partial charge is 0.133 e. The summed E-state index contributed by atoms with van der Waals surface area (Å²) in [6.45, 7) is 1.95. The van der Waals surface area contributed by atoms with E-state index in [0.29, 0.717) is 0 Å². The zero-order valence-corrected chi connectivity index (χ0v) is 8.25. The molecule has 1 unspecified atom stereocenters. The molecule has 3 nitrogen and oxygen atoms in total. The van der Waals surface area contributed by atoms with Crippen molar-refractivity contribution in [2.24, 2.45) is 0 Å². The van der Waals surface area contributed by atoms with Gasteiger partial charge >= 0.3 is 0 Å². The minimum Gasteiger partial charge on any atom is -0.356 e. The van der Waals surface area contributed by atoms with Gasteiger partial charge in [-0.2, -0.15) is 0 Å². The van der Waals surface area contributed by atoms with Crippen LogP contribution in [0.15, 0.2) is 6.33 Å². The molecule has 1 aromatic rings. The number of hydrogen-bond donors (Lipinski definition) is 1. The Morgan fingerprint density at radius 3 is 3.14 bits per heavy atom. The molecule has 3 heteroatoms. The Morgan fingerprint density at radius 1 is 1.50 bits per heavy atom. The summed E-state index contributed by atoms with van der Waals surface area (Å²) in [5, 5.41) is 3.20. The number of fused-ring (bicyclic) bond motifs is 1. The molecule has 1 aromatic heterocycles. The maximum atomic E-state index is 5.31. The average Bonchev–Trinajstić information content (AvgIpc) is 2.66. The highest BCUT2D eigenvalue weighted by molar-refractivity contribution is 5.49. The number of aromatic nitrogens is 2. The highest BCUT2D eigenvalue weighted by atomic mass is 15.0. The van der Waals surface area contributed by atoms with Crippen LogP contribution >= 0.6 is 0 Å². The van der Waals surface area contributed by atoms with Crippen LogP contribution in [0.3, 0.4) is 0 Å². The van der Waals surface area contributed by atoms with E-state index >= 15 is 0 Å². The number of nitrogens with one attached hydrogen (secondary N) is 1. The number of aryl methyl sites for hydroxylation is 1. The van der Waals surface area contributed by atoms with E-state index in [1.54, 1.807) is 6.33 Å². The lowest BCUT2D eigenvalue weighted by molar-refractivity contribution is 0.899. The Hall–Kier alpha value is -1.56. The molecule has 0 radical (unpaired) electrons. The van der Waals surface area contributed by atoms with Crippen molar-refractivity contribution in [3.05, 3.63) is 17.6 Å². The third-order valence-corrected chi connectivity index (χ3v) is 2.48. The number of terminal acetylenes is 1. The van der Waals surface area contributed by atoms with E-state index in [-0.39, 0.29) is 6.04 Å². The second-order valence-corrected chi connectivity index (χ2v) is 3.53. The van der Waals surface area contributed by atoms with Crippen LogP contribution in [0.4, 0.5) is 5.82 Å². The van der Waals surface area contributed by atoms with E-state index < -0.39 is 0 Å². The first-order chi connectivity index (χ1) is 6.81. The Balaban J connectivity index is 2.27. The van der Waals surface area contributed by atoms with E-state index in [4.69, 9.17) is 6.42 Å². The summed E-state index contributed by atoms with van der Waals surface area (Å²) in [5.74, 6) is 3.55. The third kappa shape index (κ3) is 1.56. The van der Waals surface area contributed by atoms with E-state index in [9.17, 15) is 0 Å². The molecule has 14 heavy (non-hydrogen) atoms. The van der Waals surface area contributed by atoms with E-state index in [1.165, 1.54) is 17.7 Å². The zero-order valence-electron chi connectivity index (χ0n) is 8.25. The van der Waals surface area contributed by atoms with E-state index in [2.05, 4.69) is 21.2 Å². The van der Waals surface area contributed by atoms with Crippen molar-refractivity contribution in [3.8, 4) is 12.3 Å². The van der Waals surface area contributed by atoms with Gasteiger partial charge in [0.1, 0.15) is 12.1 Å². The largest absolute Gasteiger partial charge is 0.356 e. The molecule has 0 fully saturated rings. The number of rotatable bonds is 2. The molecule has 1 aliphatic rings. The lowest BCUT2D eigenvalue weighted by Gasteiger charge is -2.11. The van der Waals surface area contributed by atoms with Crippen LogP contribution in [0.5, 0.6) is 0 Å². The molecule has 1 heterocycles. The van der Waals surface area contributed by atoms with Crippen molar-refractivity contribution >= 4 is 5.82 Å². The SMILES string of the molecule is C#CC(C)Nc1ncnc2c1CCC2. The van der Waals surface area contributed by atoms with Gasteiger partial charge in [0.05, 0.1) is 6.04 Å². The van der Waals surface area contributed by atoms with E-state index in [1.807, 2.05) is 6.92 Å². The first kappa shape index (κ1) is 9.01. The van der Waals surface area contributed by atoms with Gasteiger partial charge < -0.3 is 5.32 Å². The van der Waals surface area contributed by atoms with Crippen molar-refractivity contribution in [1.29, 1.82) is 0 Å². The van der Waals surface area contributed by atoms with Gasteiger partial charge in [0.25, 0.3) is 0 Å². The number of hydrogen-bond acceptors (Lipinski definition) is 3. The lowest BCUT2D eigenvalue weighted by Crippen LogP contribution is -2.15. The maximum Gasteiger partial charge on any atom is 0.133 e. The van der Waals surface area contributed by atoms with Crippen molar-refractivity contribution in [2.45, 2.75) is 32.2 Å². The highest BCUT2D eigenvalue weighted by Crippen LogP contribution is 2.25. The molecule has 0 bridgehead atoms. The van der Waals surface area contributed by atoms with Gasteiger partial charge in [-0.1, -0.05) is 5.92 Å². The molecule has 0 saturated carbocycles. The predicted octanol–water partition coefficient (Wildman–Crippen LogP) is 1.40. The Kier molecular flexibility index (Phi) is 2.36. The van der Waals surface area contributed by atoms with E-state index in [0.717, 1.165) is 18.7 Å².